The summed E-state index contributed by atoms with van der Waals surface area (Å²) in [6.45, 7) is 0.112. The van der Waals surface area contributed by atoms with Gasteiger partial charge in [-0.1, -0.05) is 31.4 Å². The van der Waals surface area contributed by atoms with E-state index in [1.165, 1.54) is 18.6 Å². The first kappa shape index (κ1) is 16.8. The van der Waals surface area contributed by atoms with Crippen LogP contribution in [0.1, 0.15) is 43.7 Å². The first-order valence-corrected chi connectivity index (χ1v) is 9.64. The number of rotatable bonds is 4. The molecule has 0 spiro atoms. The molecule has 1 aromatic rings. The molecule has 0 bridgehead atoms. The highest BCUT2D eigenvalue weighted by Gasteiger charge is 2.43. The fraction of sp³-hybridized carbons (Fsp3) is 0.625. The highest BCUT2D eigenvalue weighted by atomic mass is 32.2. The zero-order valence-corrected chi connectivity index (χ0v) is 14.1. The van der Waals surface area contributed by atoms with Crippen molar-refractivity contribution in [2.75, 3.05) is 13.7 Å². The highest BCUT2D eigenvalue weighted by molar-refractivity contribution is 7.90. The van der Waals surface area contributed by atoms with Crippen LogP contribution in [0, 0.1) is 5.82 Å². The molecule has 7 heteroatoms. The normalized spacial score (nSPS) is 27.4. The van der Waals surface area contributed by atoms with E-state index in [1.807, 2.05) is 0 Å². The predicted molar refractivity (Wildman–Crippen MR) is 85.6 cm³/mol. The Morgan fingerprint density at radius 1 is 1.17 bits per heavy atom. The molecule has 2 aliphatic rings. The Bertz CT molecular complexity index is 629. The first-order valence-electron chi connectivity index (χ1n) is 8.10. The Hall–Kier alpha value is -1.02. The molecule has 5 nitrogen and oxygen atoms in total. The molecular formula is C16H23FN2O3S. The van der Waals surface area contributed by atoms with Crippen LogP contribution in [0.15, 0.2) is 24.3 Å². The molecule has 0 amide bonds. The van der Waals surface area contributed by atoms with E-state index in [1.54, 1.807) is 24.2 Å². The molecule has 1 saturated carbocycles. The number of sulfonamides is 1. The van der Waals surface area contributed by atoms with Gasteiger partial charge in [0.1, 0.15) is 11.1 Å². The third-order valence-electron chi connectivity index (χ3n) is 4.73. The van der Waals surface area contributed by atoms with Crippen LogP contribution in [0.3, 0.4) is 0 Å². The second kappa shape index (κ2) is 6.84. The third-order valence-corrected chi connectivity index (χ3v) is 6.59. The van der Waals surface area contributed by atoms with Crippen LogP contribution in [0.2, 0.25) is 0 Å². The minimum atomic E-state index is -3.51. The summed E-state index contributed by atoms with van der Waals surface area (Å²) in [5.41, 5.74) is 0.741. The molecule has 0 unspecified atom stereocenters. The summed E-state index contributed by atoms with van der Waals surface area (Å²) >= 11 is 0. The molecule has 1 heterocycles. The predicted octanol–water partition coefficient (Wildman–Crippen LogP) is 2.36. The summed E-state index contributed by atoms with van der Waals surface area (Å²) in [6.07, 6.45) is 5.09. The molecule has 2 atom stereocenters. The fourth-order valence-corrected chi connectivity index (χ4v) is 5.26. The number of nitrogens with one attached hydrogen (secondary N) is 1. The van der Waals surface area contributed by atoms with Crippen LogP contribution in [-0.2, 0) is 14.9 Å². The average Bonchev–Trinajstić information content (AvgIpc) is 2.91. The van der Waals surface area contributed by atoms with Crippen molar-refractivity contribution in [3.8, 4) is 0 Å². The van der Waals surface area contributed by atoms with Gasteiger partial charge in [0, 0.05) is 13.1 Å². The standard InChI is InChI=1S/C16H23FN2O3S/c1-19-16(12-7-9-13(17)10-8-12)15(11-22-19)23(20,21)18-14-5-3-2-4-6-14/h7-10,14-16,18H,2-6,11H2,1H3/t15-,16+/m0/s1. The zero-order chi connectivity index (χ0) is 16.4. The van der Waals surface area contributed by atoms with E-state index in [4.69, 9.17) is 4.84 Å². The van der Waals surface area contributed by atoms with Crippen LogP contribution < -0.4 is 4.72 Å². The number of nitrogens with zero attached hydrogens (tertiary/aromatic N) is 1. The van der Waals surface area contributed by atoms with Gasteiger partial charge in [-0.05, 0) is 30.5 Å². The van der Waals surface area contributed by atoms with Crippen molar-refractivity contribution < 1.29 is 17.6 Å². The lowest BCUT2D eigenvalue weighted by Crippen LogP contribution is -2.44. The van der Waals surface area contributed by atoms with Gasteiger partial charge in [0.2, 0.25) is 10.0 Å². The average molecular weight is 342 g/mol. The van der Waals surface area contributed by atoms with Crippen molar-refractivity contribution in [2.24, 2.45) is 0 Å². The van der Waals surface area contributed by atoms with Gasteiger partial charge >= 0.3 is 0 Å². The Kier molecular flexibility index (Phi) is 5.01. The minimum Gasteiger partial charge on any atom is -0.297 e. The van der Waals surface area contributed by atoms with Crippen molar-refractivity contribution >= 4 is 10.0 Å². The summed E-state index contributed by atoms with van der Waals surface area (Å²) in [7, 11) is -1.80. The maximum atomic E-state index is 13.1. The summed E-state index contributed by atoms with van der Waals surface area (Å²) in [6, 6.07) is 5.52. The van der Waals surface area contributed by atoms with Crippen LogP contribution >= 0.6 is 0 Å². The maximum absolute atomic E-state index is 13.1. The largest absolute Gasteiger partial charge is 0.297 e. The molecule has 0 radical (unpaired) electrons. The Morgan fingerprint density at radius 3 is 2.48 bits per heavy atom. The Morgan fingerprint density at radius 2 is 1.83 bits per heavy atom. The number of benzene rings is 1. The van der Waals surface area contributed by atoms with E-state index in [2.05, 4.69) is 4.72 Å². The molecule has 1 aliphatic carbocycles. The van der Waals surface area contributed by atoms with Crippen molar-refractivity contribution in [3.63, 3.8) is 0 Å². The Balaban J connectivity index is 1.80. The lowest BCUT2D eigenvalue weighted by Gasteiger charge is -2.27. The van der Waals surface area contributed by atoms with Crippen LogP contribution in [0.4, 0.5) is 4.39 Å². The van der Waals surface area contributed by atoms with Crippen LogP contribution in [-0.4, -0.2) is 38.4 Å². The summed E-state index contributed by atoms with van der Waals surface area (Å²) in [4.78, 5) is 5.46. The van der Waals surface area contributed by atoms with Gasteiger partial charge in [0.25, 0.3) is 0 Å². The van der Waals surface area contributed by atoms with E-state index in [0.717, 1.165) is 31.2 Å². The maximum Gasteiger partial charge on any atom is 0.219 e. The lowest BCUT2D eigenvalue weighted by molar-refractivity contribution is -0.110. The zero-order valence-electron chi connectivity index (χ0n) is 13.2. The van der Waals surface area contributed by atoms with Gasteiger partial charge in [-0.3, -0.25) is 4.84 Å². The van der Waals surface area contributed by atoms with Crippen LogP contribution in [0.5, 0.6) is 0 Å². The third kappa shape index (κ3) is 3.74. The molecule has 23 heavy (non-hydrogen) atoms. The van der Waals surface area contributed by atoms with Crippen molar-refractivity contribution in [1.29, 1.82) is 0 Å². The van der Waals surface area contributed by atoms with E-state index in [-0.39, 0.29) is 18.5 Å². The molecule has 128 valence electrons. The van der Waals surface area contributed by atoms with E-state index in [9.17, 15) is 12.8 Å². The summed E-state index contributed by atoms with van der Waals surface area (Å²) in [5.74, 6) is -0.338. The van der Waals surface area contributed by atoms with Gasteiger partial charge in [-0.25, -0.2) is 17.5 Å². The monoisotopic (exact) mass is 342 g/mol. The number of halogens is 1. The van der Waals surface area contributed by atoms with Gasteiger partial charge in [-0.15, -0.1) is 0 Å². The van der Waals surface area contributed by atoms with E-state index in [0.29, 0.717) is 0 Å². The summed E-state index contributed by atoms with van der Waals surface area (Å²) in [5, 5.41) is 0.859. The van der Waals surface area contributed by atoms with Crippen molar-refractivity contribution in [1.82, 2.24) is 9.79 Å². The van der Waals surface area contributed by atoms with Crippen molar-refractivity contribution in [2.45, 2.75) is 49.4 Å². The second-order valence-electron chi connectivity index (χ2n) is 6.37. The molecule has 3 rings (SSSR count). The second-order valence-corrected chi connectivity index (χ2v) is 8.31. The number of hydrogen-bond acceptors (Lipinski definition) is 4. The smallest absolute Gasteiger partial charge is 0.219 e. The molecule has 1 saturated heterocycles. The first-order chi connectivity index (χ1) is 11.0. The molecule has 0 aromatic heterocycles. The molecule has 2 fully saturated rings. The topological polar surface area (TPSA) is 58.6 Å². The van der Waals surface area contributed by atoms with Gasteiger partial charge in [0.05, 0.1) is 12.6 Å². The highest BCUT2D eigenvalue weighted by Crippen LogP contribution is 2.33. The molecule has 1 aromatic carbocycles. The van der Waals surface area contributed by atoms with Gasteiger partial charge < -0.3 is 0 Å². The fourth-order valence-electron chi connectivity index (χ4n) is 3.48. The molecule has 1 N–H and O–H groups in total. The number of hydroxylamine groups is 2. The quantitative estimate of drug-likeness (QED) is 0.913. The van der Waals surface area contributed by atoms with E-state index >= 15 is 0 Å². The van der Waals surface area contributed by atoms with Gasteiger partial charge in [0.15, 0.2) is 0 Å². The lowest BCUT2D eigenvalue weighted by atomic mass is 9.96. The molecular weight excluding hydrogens is 319 g/mol. The van der Waals surface area contributed by atoms with Crippen molar-refractivity contribution in [3.05, 3.63) is 35.6 Å². The summed E-state index contributed by atoms with van der Waals surface area (Å²) < 4.78 is 41.6. The van der Waals surface area contributed by atoms with Crippen LogP contribution in [0.25, 0.3) is 0 Å². The SMILES string of the molecule is CN1OC[C@H](S(=O)(=O)NC2CCCCC2)[C@H]1c1ccc(F)cc1. The van der Waals surface area contributed by atoms with E-state index < -0.39 is 21.3 Å². The minimum absolute atomic E-state index is 0.0218. The Labute approximate surface area is 136 Å². The molecule has 1 aliphatic heterocycles. The van der Waals surface area contributed by atoms with Gasteiger partial charge in [-0.2, -0.15) is 5.06 Å². The number of hydrogen-bond donors (Lipinski definition) is 1.